The summed E-state index contributed by atoms with van der Waals surface area (Å²) < 4.78 is 95.3. The van der Waals surface area contributed by atoms with E-state index >= 15 is 0 Å². The Morgan fingerprint density at radius 2 is 1.71 bits per heavy atom. The number of amides is 1. The van der Waals surface area contributed by atoms with Crippen molar-refractivity contribution >= 4 is 29.2 Å². The van der Waals surface area contributed by atoms with Crippen molar-refractivity contribution in [3.63, 3.8) is 0 Å². The maximum absolute atomic E-state index is 14.5. The second-order valence-corrected chi connectivity index (χ2v) is 13.7. The lowest BCUT2D eigenvalue weighted by molar-refractivity contribution is -0.138. The molecule has 2 aliphatic rings. The molecule has 3 aromatic carbocycles. The number of carbonyl (C=O) groups is 2. The van der Waals surface area contributed by atoms with Gasteiger partial charge >= 0.3 is 24.4 Å². The number of halogens is 7. The molecule has 0 radical (unpaired) electrons. The van der Waals surface area contributed by atoms with Crippen molar-refractivity contribution in [2.75, 3.05) is 13.7 Å². The number of aromatic carboxylic acids is 1. The molecule has 0 unspecified atom stereocenters. The van der Waals surface area contributed by atoms with Crippen molar-refractivity contribution < 1.29 is 50.5 Å². The zero-order valence-electron chi connectivity index (χ0n) is 27.3. The number of aryl methyl sites for hydroxylation is 1. The fraction of sp³-hybridized carbons (Fsp3) is 0.389. The van der Waals surface area contributed by atoms with Gasteiger partial charge < -0.3 is 14.6 Å². The summed E-state index contributed by atoms with van der Waals surface area (Å²) in [6, 6.07) is 8.56. The molecule has 0 bridgehead atoms. The number of alkyl halides is 6. The summed E-state index contributed by atoms with van der Waals surface area (Å²) in [6.07, 6.45) is -9.60. The smallest absolute Gasteiger partial charge is 0.417 e. The van der Waals surface area contributed by atoms with Crippen LogP contribution >= 0.6 is 11.6 Å². The van der Waals surface area contributed by atoms with Crippen LogP contribution in [0.5, 0.6) is 5.75 Å². The summed E-state index contributed by atoms with van der Waals surface area (Å²) >= 11 is 6.37. The van der Waals surface area contributed by atoms with Gasteiger partial charge in [-0.05, 0) is 97.2 Å². The molecule has 1 heterocycles. The lowest BCUT2D eigenvalue weighted by atomic mass is 9.72. The molecule has 49 heavy (non-hydrogen) atoms. The molecule has 1 aliphatic carbocycles. The standard InChI is InChI=1S/C36H34ClF6NO5/c1-18-10-21(12-23(11-18)35(38,39)40)31-19(2)44(33(47)49-31)17-22-16-34(3,4)9-8-24(22)27-14-26(28(36(41,42)43)15-30(27)48-5)25-7-6-20(32(45)46)13-29(25)37/h6-7,10-15,19,31H,8-9,16-17H2,1-5H3,(H,45,46)/t19-,31-/m0/s1. The van der Waals surface area contributed by atoms with E-state index in [2.05, 4.69) is 0 Å². The molecular formula is C36H34ClF6NO5. The van der Waals surface area contributed by atoms with E-state index in [0.29, 0.717) is 36.0 Å². The van der Waals surface area contributed by atoms with E-state index in [0.717, 1.165) is 29.8 Å². The van der Waals surface area contributed by atoms with Gasteiger partial charge in [0, 0.05) is 22.7 Å². The van der Waals surface area contributed by atoms with Crippen LogP contribution in [-0.4, -0.2) is 41.8 Å². The Kier molecular flexibility index (Phi) is 9.52. The largest absolute Gasteiger partial charge is 0.496 e. The highest BCUT2D eigenvalue weighted by atomic mass is 35.5. The van der Waals surface area contributed by atoms with E-state index in [9.17, 15) is 41.0 Å². The van der Waals surface area contributed by atoms with Crippen LogP contribution < -0.4 is 4.74 Å². The molecule has 13 heteroatoms. The number of hydrogen-bond donors (Lipinski definition) is 1. The lowest BCUT2D eigenvalue weighted by Gasteiger charge is -2.36. The van der Waals surface area contributed by atoms with Gasteiger partial charge in [0.05, 0.1) is 29.8 Å². The summed E-state index contributed by atoms with van der Waals surface area (Å²) in [5.74, 6) is -1.35. The summed E-state index contributed by atoms with van der Waals surface area (Å²) in [5.41, 5.74) is -0.352. The van der Waals surface area contributed by atoms with Crippen LogP contribution in [0.4, 0.5) is 31.1 Å². The van der Waals surface area contributed by atoms with Gasteiger partial charge in [0.2, 0.25) is 0 Å². The van der Waals surface area contributed by atoms with Gasteiger partial charge in [0.25, 0.3) is 0 Å². The van der Waals surface area contributed by atoms with Gasteiger partial charge in [-0.25, -0.2) is 9.59 Å². The Morgan fingerprint density at radius 3 is 2.31 bits per heavy atom. The van der Waals surface area contributed by atoms with E-state index < -0.39 is 47.7 Å². The van der Waals surface area contributed by atoms with Crippen LogP contribution in [-0.2, 0) is 17.1 Å². The first-order valence-electron chi connectivity index (χ1n) is 15.4. The highest BCUT2D eigenvalue weighted by Crippen LogP contribution is 2.49. The SMILES string of the molecule is COc1cc(C(F)(F)F)c(-c2ccc(C(=O)O)cc2Cl)cc1C1=C(CN2C(=O)O[C@H](c3cc(C)cc(C(F)(F)F)c3)[C@@H]2C)CC(C)(C)CC1. The highest BCUT2D eigenvalue weighted by molar-refractivity contribution is 6.33. The Balaban J connectivity index is 1.62. The molecule has 1 saturated heterocycles. The summed E-state index contributed by atoms with van der Waals surface area (Å²) in [4.78, 5) is 26.2. The number of carboxylic acid groups (broad SMARTS) is 1. The molecule has 262 valence electrons. The predicted molar refractivity (Wildman–Crippen MR) is 172 cm³/mol. The van der Waals surface area contributed by atoms with Crippen molar-refractivity contribution in [3.8, 4) is 16.9 Å². The number of cyclic esters (lactones) is 1. The van der Waals surface area contributed by atoms with Crippen LogP contribution in [0, 0.1) is 12.3 Å². The normalized spacial score (nSPS) is 19.7. The molecule has 2 atom stereocenters. The van der Waals surface area contributed by atoms with E-state index in [1.54, 1.807) is 13.0 Å². The van der Waals surface area contributed by atoms with Crippen molar-refractivity contribution in [2.45, 2.75) is 71.5 Å². The van der Waals surface area contributed by atoms with Crippen molar-refractivity contribution in [1.29, 1.82) is 0 Å². The maximum atomic E-state index is 14.5. The lowest BCUT2D eigenvalue weighted by Crippen LogP contribution is -2.35. The molecule has 1 fully saturated rings. The molecule has 0 spiro atoms. The van der Waals surface area contributed by atoms with Crippen LogP contribution in [0.1, 0.15) is 84.3 Å². The van der Waals surface area contributed by atoms with E-state index in [1.807, 2.05) is 13.8 Å². The van der Waals surface area contributed by atoms with E-state index in [4.69, 9.17) is 21.1 Å². The number of allylic oxidation sites excluding steroid dienone is 1. The molecule has 1 amide bonds. The number of rotatable bonds is 7. The molecule has 0 saturated carbocycles. The number of hydrogen-bond acceptors (Lipinski definition) is 4. The van der Waals surface area contributed by atoms with Gasteiger partial charge in [-0.1, -0.05) is 43.1 Å². The first kappa shape index (κ1) is 36.1. The summed E-state index contributed by atoms with van der Waals surface area (Å²) in [7, 11) is 1.25. The third-order valence-corrected chi connectivity index (χ3v) is 9.47. The zero-order chi connectivity index (χ0) is 36.2. The number of nitrogens with zero attached hydrogens (tertiary/aromatic N) is 1. The molecule has 1 N–H and O–H groups in total. The van der Waals surface area contributed by atoms with Crippen LogP contribution in [0.3, 0.4) is 0 Å². The van der Waals surface area contributed by atoms with Gasteiger partial charge in [0.1, 0.15) is 11.9 Å². The zero-order valence-corrected chi connectivity index (χ0v) is 28.0. The van der Waals surface area contributed by atoms with Crippen LogP contribution in [0.2, 0.25) is 5.02 Å². The summed E-state index contributed by atoms with van der Waals surface area (Å²) in [5, 5.41) is 9.17. The molecule has 0 aromatic heterocycles. The monoisotopic (exact) mass is 709 g/mol. The van der Waals surface area contributed by atoms with Gasteiger partial charge in [-0.3, -0.25) is 4.90 Å². The topological polar surface area (TPSA) is 76.1 Å². The van der Waals surface area contributed by atoms with Crippen LogP contribution in [0.15, 0.2) is 54.1 Å². The van der Waals surface area contributed by atoms with Gasteiger partial charge in [0.15, 0.2) is 0 Å². The first-order valence-corrected chi connectivity index (χ1v) is 15.8. The van der Waals surface area contributed by atoms with Gasteiger partial charge in [-0.2, -0.15) is 26.3 Å². The minimum atomic E-state index is -4.83. The van der Waals surface area contributed by atoms with Crippen molar-refractivity contribution in [2.24, 2.45) is 5.41 Å². The third kappa shape index (κ3) is 7.39. The second kappa shape index (κ2) is 12.9. The van der Waals surface area contributed by atoms with E-state index in [-0.39, 0.29) is 45.0 Å². The number of carbonyl (C=O) groups excluding carboxylic acids is 1. The van der Waals surface area contributed by atoms with Gasteiger partial charge in [-0.15, -0.1) is 0 Å². The number of ether oxygens (including phenoxy) is 2. The predicted octanol–water partition coefficient (Wildman–Crippen LogP) is 10.6. The molecule has 3 aromatic rings. The molecule has 6 nitrogen and oxygen atoms in total. The van der Waals surface area contributed by atoms with Crippen molar-refractivity contribution in [1.82, 2.24) is 4.90 Å². The minimum absolute atomic E-state index is 0.0147. The Bertz CT molecular complexity index is 1850. The highest BCUT2D eigenvalue weighted by Gasteiger charge is 2.43. The fourth-order valence-electron chi connectivity index (χ4n) is 6.70. The number of benzene rings is 3. The number of carboxylic acids is 1. The maximum Gasteiger partial charge on any atom is 0.417 e. The quantitative estimate of drug-likeness (QED) is 0.247. The Hall–Kier alpha value is -4.19. The summed E-state index contributed by atoms with van der Waals surface area (Å²) in [6.45, 7) is 7.28. The third-order valence-electron chi connectivity index (χ3n) is 9.16. The van der Waals surface area contributed by atoms with E-state index in [1.165, 1.54) is 37.1 Å². The first-order chi connectivity index (χ1) is 22.7. The Morgan fingerprint density at radius 1 is 1.02 bits per heavy atom. The number of methoxy groups -OCH3 is 1. The second-order valence-electron chi connectivity index (χ2n) is 13.3. The van der Waals surface area contributed by atoms with Crippen LogP contribution in [0.25, 0.3) is 16.7 Å². The molecule has 5 rings (SSSR count). The average Bonchev–Trinajstić information content (AvgIpc) is 3.27. The van der Waals surface area contributed by atoms with Crippen molar-refractivity contribution in [3.05, 3.63) is 92.5 Å². The average molecular weight is 710 g/mol. The molecule has 1 aliphatic heterocycles. The fourth-order valence-corrected chi connectivity index (χ4v) is 6.99. The Labute approximate surface area is 284 Å². The molecular weight excluding hydrogens is 676 g/mol. The minimum Gasteiger partial charge on any atom is -0.496 e.